The number of methoxy groups -OCH3 is 1. The number of carboxylic acids is 1. The summed E-state index contributed by atoms with van der Waals surface area (Å²) >= 11 is 7.66. The van der Waals surface area contributed by atoms with Crippen LogP contribution in [0.4, 0.5) is 0 Å². The van der Waals surface area contributed by atoms with Crippen molar-refractivity contribution in [3.8, 4) is 22.6 Å². The van der Waals surface area contributed by atoms with Gasteiger partial charge in [0.05, 0.1) is 6.20 Å². The Labute approximate surface area is 254 Å². The second-order valence-corrected chi connectivity index (χ2v) is 10.4. The molecule has 1 amide bonds. The van der Waals surface area contributed by atoms with Crippen LogP contribution in [0.3, 0.4) is 0 Å². The number of halogens is 1. The molecule has 7 nitrogen and oxygen atoms in total. The quantitative estimate of drug-likeness (QED) is 0.265. The summed E-state index contributed by atoms with van der Waals surface area (Å²) in [7, 11) is 1.57. The van der Waals surface area contributed by atoms with E-state index in [-0.39, 0.29) is 18.9 Å². The number of oxazole rings is 1. The van der Waals surface area contributed by atoms with Crippen molar-refractivity contribution in [2.45, 2.75) is 25.5 Å². The van der Waals surface area contributed by atoms with Gasteiger partial charge in [0.25, 0.3) is 5.91 Å². The Hall–Kier alpha value is -2.99. The second kappa shape index (κ2) is 14.6. The molecule has 40 heavy (non-hydrogen) atoms. The molecule has 2 N–H and O–H groups in total. The summed E-state index contributed by atoms with van der Waals surface area (Å²) in [5, 5.41) is 12.9. The smallest absolute Gasteiger partial charge is 0.480 e. The van der Waals surface area contributed by atoms with E-state index in [0.717, 1.165) is 22.3 Å². The summed E-state index contributed by atoms with van der Waals surface area (Å²) in [6.07, 6.45) is 3.24. The number of benzene rings is 3. The Morgan fingerprint density at radius 1 is 1.10 bits per heavy atom. The number of ether oxygens (including phenoxy) is 1. The zero-order valence-electron chi connectivity index (χ0n) is 22.8. The normalized spacial score (nSPS) is 12.3. The first-order valence-electron chi connectivity index (χ1n) is 12.3. The minimum absolute atomic E-state index is 0. The van der Waals surface area contributed by atoms with Crippen LogP contribution in [0, 0.1) is 6.92 Å². The fraction of sp³-hybridized carbons (Fsp3) is 0.233. The molecule has 0 saturated carbocycles. The van der Waals surface area contributed by atoms with Crippen LogP contribution in [0.1, 0.15) is 39.8 Å². The molecule has 202 valence electrons. The first kappa shape index (κ1) is 31.5. The van der Waals surface area contributed by atoms with Gasteiger partial charge in [0.15, 0.2) is 5.76 Å². The average Bonchev–Trinajstić information content (AvgIpc) is 3.41. The molecule has 0 aliphatic carbocycles. The molecule has 1 heterocycles. The largest absolute Gasteiger partial charge is 1.00 e. The van der Waals surface area contributed by atoms with Crippen LogP contribution < -0.4 is 24.2 Å². The minimum Gasteiger partial charge on any atom is -0.480 e. The van der Waals surface area contributed by atoms with E-state index in [4.69, 9.17) is 20.8 Å². The van der Waals surface area contributed by atoms with Crippen LogP contribution in [-0.4, -0.2) is 47.1 Å². The molecule has 10 heteroatoms. The van der Waals surface area contributed by atoms with E-state index in [9.17, 15) is 14.7 Å². The summed E-state index contributed by atoms with van der Waals surface area (Å²) < 4.78 is 11.9. The van der Waals surface area contributed by atoms with Gasteiger partial charge in [-0.1, -0.05) is 48.0 Å². The van der Waals surface area contributed by atoms with Gasteiger partial charge in [-0.05, 0) is 77.9 Å². The molecule has 0 aliphatic rings. The Kier molecular flexibility index (Phi) is 11.5. The predicted octanol–water partition coefficient (Wildman–Crippen LogP) is 3.65. The molecule has 0 radical (unpaired) electrons. The summed E-state index contributed by atoms with van der Waals surface area (Å²) in [5.74, 6) is 0.0000113. The van der Waals surface area contributed by atoms with Crippen molar-refractivity contribution in [2.75, 3.05) is 19.1 Å². The van der Waals surface area contributed by atoms with Crippen molar-refractivity contribution in [1.29, 1.82) is 0 Å². The zero-order valence-corrected chi connectivity index (χ0v) is 24.4. The molecule has 4 rings (SSSR count). The summed E-state index contributed by atoms with van der Waals surface area (Å²) in [4.78, 5) is 29.6. The van der Waals surface area contributed by atoms with Gasteiger partial charge in [-0.15, -0.1) is 0 Å². The van der Waals surface area contributed by atoms with E-state index in [2.05, 4.69) is 10.3 Å². The van der Waals surface area contributed by atoms with Crippen molar-refractivity contribution in [2.24, 2.45) is 0 Å². The molecular weight excluding hydrogens is 543 g/mol. The van der Waals surface area contributed by atoms with Crippen molar-refractivity contribution in [1.82, 2.24) is 10.3 Å². The van der Waals surface area contributed by atoms with Gasteiger partial charge in [0.2, 0.25) is 5.89 Å². The number of aliphatic carboxylic acids is 1. The number of nitrogens with one attached hydrogen (secondary N) is 1. The SMILES string of the molecule is COC(c1ccc(C(=O)NC(CCSC)C(=O)O)c(-c2ccccc2C)c1)c1cnc(-c2cccc(Cl)c2)o1.[Li+]. The number of hydrogen-bond donors (Lipinski definition) is 2. The third-order valence-electron chi connectivity index (χ3n) is 6.33. The van der Waals surface area contributed by atoms with Gasteiger partial charge in [-0.2, -0.15) is 11.8 Å². The van der Waals surface area contributed by atoms with Crippen molar-refractivity contribution in [3.63, 3.8) is 0 Å². The third kappa shape index (κ3) is 7.39. The molecule has 3 aromatic carbocycles. The monoisotopic (exact) mass is 571 g/mol. The van der Waals surface area contributed by atoms with Crippen molar-refractivity contribution < 1.29 is 42.7 Å². The van der Waals surface area contributed by atoms with E-state index in [0.29, 0.717) is 40.0 Å². The number of amides is 1. The zero-order chi connectivity index (χ0) is 27.9. The molecule has 0 aliphatic heterocycles. The third-order valence-corrected chi connectivity index (χ3v) is 7.21. The standard InChI is InChI=1S/C30H29ClN2O5S.Li/c1-18-7-4-5-10-22(18)24-16-19(11-12-23(24)28(34)33-25(30(35)36)13-14-39-3)27(37-2)26-17-32-29(38-26)20-8-6-9-21(31)15-20;/h4-12,15-17,25,27H,13-14H2,1-3H3,(H,33,34)(H,35,36);/q;+1. The van der Waals surface area contributed by atoms with E-state index in [1.807, 2.05) is 55.6 Å². The maximum absolute atomic E-state index is 13.4. The number of carbonyl (C=O) groups excluding carboxylic acids is 1. The number of thioether (sulfide) groups is 1. The maximum Gasteiger partial charge on any atom is 1.00 e. The molecule has 0 fully saturated rings. The number of carbonyl (C=O) groups is 2. The number of aromatic nitrogens is 1. The first-order valence-corrected chi connectivity index (χ1v) is 14.1. The summed E-state index contributed by atoms with van der Waals surface area (Å²) in [6, 6.07) is 19.3. The number of aryl methyl sites for hydroxylation is 1. The Morgan fingerprint density at radius 2 is 1.88 bits per heavy atom. The number of nitrogens with zero attached hydrogens (tertiary/aromatic N) is 1. The Morgan fingerprint density at radius 3 is 2.55 bits per heavy atom. The molecule has 0 bridgehead atoms. The topological polar surface area (TPSA) is 102 Å². The first-order chi connectivity index (χ1) is 18.8. The van der Waals surface area contributed by atoms with Crippen molar-refractivity contribution in [3.05, 3.63) is 100 Å². The molecule has 0 spiro atoms. The van der Waals surface area contributed by atoms with E-state index in [1.54, 1.807) is 37.6 Å². The van der Waals surface area contributed by atoms with Gasteiger partial charge in [0.1, 0.15) is 12.1 Å². The molecule has 2 atom stereocenters. The van der Waals surface area contributed by atoms with Crippen LogP contribution in [-0.2, 0) is 9.53 Å². The van der Waals surface area contributed by atoms with Crippen LogP contribution in [0.15, 0.2) is 77.3 Å². The minimum atomic E-state index is -1.06. The molecule has 4 aromatic rings. The summed E-state index contributed by atoms with van der Waals surface area (Å²) in [6.45, 7) is 1.96. The summed E-state index contributed by atoms with van der Waals surface area (Å²) in [5.41, 5.74) is 4.35. The van der Waals surface area contributed by atoms with E-state index >= 15 is 0 Å². The fourth-order valence-corrected chi connectivity index (χ4v) is 4.99. The Balaban J connectivity index is 0.00000441. The van der Waals surface area contributed by atoms with E-state index < -0.39 is 24.0 Å². The number of hydrogen-bond acceptors (Lipinski definition) is 6. The Bertz CT molecular complexity index is 1480. The maximum atomic E-state index is 13.4. The van der Waals surface area contributed by atoms with Crippen LogP contribution in [0.2, 0.25) is 5.02 Å². The fourth-order valence-electron chi connectivity index (χ4n) is 4.33. The van der Waals surface area contributed by atoms with Crippen LogP contribution in [0.25, 0.3) is 22.6 Å². The average molecular weight is 572 g/mol. The number of rotatable bonds is 11. The molecular formula is C30H29ClLiN2O5S+. The molecule has 0 saturated heterocycles. The van der Waals surface area contributed by atoms with Gasteiger partial charge < -0.3 is 19.6 Å². The molecule has 2 unspecified atom stereocenters. The second-order valence-electron chi connectivity index (χ2n) is 8.96. The molecule has 1 aromatic heterocycles. The van der Waals surface area contributed by atoms with Gasteiger partial charge in [-0.3, -0.25) is 4.79 Å². The van der Waals surface area contributed by atoms with Crippen molar-refractivity contribution >= 4 is 35.2 Å². The van der Waals surface area contributed by atoms with Crippen LogP contribution >= 0.6 is 23.4 Å². The number of carboxylic acid groups (broad SMARTS) is 1. The van der Waals surface area contributed by atoms with Crippen LogP contribution in [0.5, 0.6) is 0 Å². The van der Waals surface area contributed by atoms with E-state index in [1.165, 1.54) is 11.8 Å². The van der Waals surface area contributed by atoms with Gasteiger partial charge >= 0.3 is 24.8 Å². The van der Waals surface area contributed by atoms with Gasteiger partial charge in [-0.25, -0.2) is 9.78 Å². The predicted molar refractivity (Wildman–Crippen MR) is 154 cm³/mol. The van der Waals surface area contributed by atoms with Gasteiger partial charge in [0, 0.05) is 23.3 Å².